The van der Waals surface area contributed by atoms with E-state index < -0.39 is 18.3 Å². The molecular weight excluding hydrogens is 241 g/mol. The molecule has 0 aromatic heterocycles. The van der Waals surface area contributed by atoms with Crippen molar-refractivity contribution in [1.82, 2.24) is 5.32 Å². The van der Waals surface area contributed by atoms with Gasteiger partial charge in [-0.15, -0.1) is 11.8 Å². The number of benzene rings is 1. The van der Waals surface area contributed by atoms with Gasteiger partial charge in [-0.1, -0.05) is 24.3 Å². The third-order valence-corrected chi connectivity index (χ3v) is 4.01. The second-order valence-electron chi connectivity index (χ2n) is 3.79. The van der Waals surface area contributed by atoms with Crippen LogP contribution in [-0.4, -0.2) is 40.0 Å². The fourth-order valence-corrected chi connectivity index (χ4v) is 2.80. The van der Waals surface area contributed by atoms with Crippen molar-refractivity contribution >= 4 is 30.3 Å². The Morgan fingerprint density at radius 1 is 1.35 bits per heavy atom. The summed E-state index contributed by atoms with van der Waals surface area (Å²) in [7, 11) is -1.47. The number of nitrogens with one attached hydrogen (secondary N) is 1. The first-order valence-corrected chi connectivity index (χ1v) is 6.10. The van der Waals surface area contributed by atoms with E-state index in [1.54, 1.807) is 24.3 Å². The summed E-state index contributed by atoms with van der Waals surface area (Å²) in [4.78, 5) is 10.8. The van der Waals surface area contributed by atoms with E-state index in [0.29, 0.717) is 12.0 Å². The van der Waals surface area contributed by atoms with Crippen molar-refractivity contribution in [3.05, 3.63) is 29.8 Å². The Morgan fingerprint density at radius 2 is 2.00 bits per heavy atom. The van der Waals surface area contributed by atoms with Crippen LogP contribution in [0.5, 0.6) is 0 Å². The Morgan fingerprint density at radius 3 is 2.47 bits per heavy atom. The molecule has 4 N–H and O–H groups in total. The fourth-order valence-electron chi connectivity index (χ4n) is 1.66. The third-order valence-electron chi connectivity index (χ3n) is 2.60. The predicted octanol–water partition coefficient (Wildman–Crippen LogP) is -0.845. The standard InChI is InChI=1S/C10H12BNO4S/c13-10(14)8-5-12-9(17-8)6-1-3-7(4-2-6)11(15)16/h1-4,8-9,12,15-16H,5H2,(H,13,14)/t8-,9+/m1/s1. The Balaban J connectivity index is 2.06. The average Bonchev–Trinajstić information content (AvgIpc) is 2.78. The maximum atomic E-state index is 10.8. The van der Waals surface area contributed by atoms with E-state index in [-0.39, 0.29) is 5.37 Å². The zero-order valence-corrected chi connectivity index (χ0v) is 9.72. The van der Waals surface area contributed by atoms with Crippen molar-refractivity contribution in [2.24, 2.45) is 0 Å². The molecule has 90 valence electrons. The molecule has 1 heterocycles. The summed E-state index contributed by atoms with van der Waals surface area (Å²) in [6, 6.07) is 6.78. The van der Waals surface area contributed by atoms with Crippen LogP contribution in [0.1, 0.15) is 10.9 Å². The lowest BCUT2D eigenvalue weighted by atomic mass is 9.80. The number of carboxylic acid groups (broad SMARTS) is 1. The highest BCUT2D eigenvalue weighted by atomic mass is 32.2. The first kappa shape index (κ1) is 12.4. The lowest BCUT2D eigenvalue weighted by Crippen LogP contribution is -2.29. The van der Waals surface area contributed by atoms with Gasteiger partial charge < -0.3 is 15.2 Å². The predicted molar refractivity (Wildman–Crippen MR) is 66.0 cm³/mol. The highest BCUT2D eigenvalue weighted by Gasteiger charge is 2.30. The number of carbonyl (C=O) groups is 1. The topological polar surface area (TPSA) is 89.8 Å². The van der Waals surface area contributed by atoms with Gasteiger partial charge in [0.05, 0.1) is 5.37 Å². The molecule has 0 saturated carbocycles. The van der Waals surface area contributed by atoms with Gasteiger partial charge in [-0.3, -0.25) is 10.1 Å². The van der Waals surface area contributed by atoms with Gasteiger partial charge in [0.15, 0.2) is 0 Å². The van der Waals surface area contributed by atoms with Crippen molar-refractivity contribution in [2.75, 3.05) is 6.54 Å². The third kappa shape index (κ3) is 2.81. The summed E-state index contributed by atoms with van der Waals surface area (Å²) >= 11 is 1.35. The normalized spacial score (nSPS) is 23.6. The summed E-state index contributed by atoms with van der Waals surface area (Å²) in [5.41, 5.74) is 1.36. The minimum atomic E-state index is -1.47. The van der Waals surface area contributed by atoms with Gasteiger partial charge in [-0.25, -0.2) is 0 Å². The van der Waals surface area contributed by atoms with Crippen LogP contribution in [-0.2, 0) is 4.79 Å². The molecule has 2 rings (SSSR count). The van der Waals surface area contributed by atoms with Crippen LogP contribution in [0, 0.1) is 0 Å². The van der Waals surface area contributed by atoms with E-state index in [1.165, 1.54) is 11.8 Å². The van der Waals surface area contributed by atoms with Crippen molar-refractivity contribution in [1.29, 1.82) is 0 Å². The van der Waals surface area contributed by atoms with Crippen molar-refractivity contribution in [2.45, 2.75) is 10.6 Å². The van der Waals surface area contributed by atoms with Gasteiger partial charge in [0.2, 0.25) is 0 Å². The number of aliphatic carboxylic acids is 1. The summed E-state index contributed by atoms with van der Waals surface area (Å²) < 4.78 is 0. The Labute approximate surface area is 103 Å². The molecule has 0 spiro atoms. The number of carboxylic acids is 1. The maximum Gasteiger partial charge on any atom is 0.488 e. The fraction of sp³-hybridized carbons (Fsp3) is 0.300. The van der Waals surface area contributed by atoms with E-state index in [1.807, 2.05) is 0 Å². The van der Waals surface area contributed by atoms with Crippen LogP contribution in [0.4, 0.5) is 0 Å². The quantitative estimate of drug-likeness (QED) is 0.525. The Bertz CT molecular complexity index is 411. The highest BCUT2D eigenvalue weighted by molar-refractivity contribution is 8.01. The second-order valence-corrected chi connectivity index (χ2v) is 5.10. The summed E-state index contributed by atoms with van der Waals surface area (Å²) in [5.74, 6) is -0.813. The van der Waals surface area contributed by atoms with Crippen LogP contribution in [0.3, 0.4) is 0 Å². The molecule has 0 amide bonds. The first-order chi connectivity index (χ1) is 8.08. The Kier molecular flexibility index (Phi) is 3.73. The van der Waals surface area contributed by atoms with E-state index in [0.717, 1.165) is 5.56 Å². The van der Waals surface area contributed by atoms with Gasteiger partial charge in [-0.2, -0.15) is 0 Å². The lowest BCUT2D eigenvalue weighted by molar-refractivity contribution is -0.136. The van der Waals surface area contributed by atoms with Gasteiger partial charge >= 0.3 is 13.1 Å². The van der Waals surface area contributed by atoms with Crippen molar-refractivity contribution < 1.29 is 19.9 Å². The molecule has 17 heavy (non-hydrogen) atoms. The van der Waals surface area contributed by atoms with Crippen LogP contribution in [0.25, 0.3) is 0 Å². The van der Waals surface area contributed by atoms with Crippen LogP contribution >= 0.6 is 11.8 Å². The molecule has 2 atom stereocenters. The largest absolute Gasteiger partial charge is 0.488 e. The van der Waals surface area contributed by atoms with Gasteiger partial charge in [0.25, 0.3) is 0 Å². The van der Waals surface area contributed by atoms with Crippen LogP contribution in [0.2, 0.25) is 0 Å². The van der Waals surface area contributed by atoms with Gasteiger partial charge in [-0.05, 0) is 11.0 Å². The minimum Gasteiger partial charge on any atom is -0.480 e. The molecule has 1 saturated heterocycles. The van der Waals surface area contributed by atoms with E-state index in [9.17, 15) is 4.79 Å². The summed E-state index contributed by atoms with van der Waals surface area (Å²) in [5, 5.41) is 29.4. The Hall–Kier alpha value is -1.02. The van der Waals surface area contributed by atoms with Crippen LogP contribution in [0.15, 0.2) is 24.3 Å². The number of hydrogen-bond donors (Lipinski definition) is 4. The van der Waals surface area contributed by atoms with Crippen molar-refractivity contribution in [3.8, 4) is 0 Å². The maximum absolute atomic E-state index is 10.8. The first-order valence-electron chi connectivity index (χ1n) is 5.15. The number of hydrogen-bond acceptors (Lipinski definition) is 5. The van der Waals surface area contributed by atoms with E-state index in [2.05, 4.69) is 5.32 Å². The minimum absolute atomic E-state index is 0.0546. The monoisotopic (exact) mass is 253 g/mol. The molecule has 0 bridgehead atoms. The average molecular weight is 253 g/mol. The summed E-state index contributed by atoms with van der Waals surface area (Å²) in [6.45, 7) is 0.440. The molecule has 0 aliphatic carbocycles. The summed E-state index contributed by atoms with van der Waals surface area (Å²) in [6.07, 6.45) is 0. The molecule has 0 unspecified atom stereocenters. The van der Waals surface area contributed by atoms with Gasteiger partial charge in [0.1, 0.15) is 5.25 Å². The number of rotatable bonds is 3. The molecule has 1 aliphatic heterocycles. The second kappa shape index (κ2) is 5.09. The molecule has 7 heteroatoms. The van der Waals surface area contributed by atoms with E-state index in [4.69, 9.17) is 15.2 Å². The zero-order valence-electron chi connectivity index (χ0n) is 8.91. The molecule has 1 aromatic rings. The number of thioether (sulfide) groups is 1. The highest BCUT2D eigenvalue weighted by Crippen LogP contribution is 2.34. The molecule has 1 aromatic carbocycles. The SMILES string of the molecule is O=C(O)[C@H]1CN[C@H](c2ccc(B(O)O)cc2)S1. The lowest BCUT2D eigenvalue weighted by Gasteiger charge is -2.10. The zero-order chi connectivity index (χ0) is 12.4. The molecule has 0 radical (unpaired) electrons. The molecule has 1 fully saturated rings. The van der Waals surface area contributed by atoms with Crippen LogP contribution < -0.4 is 10.8 Å². The van der Waals surface area contributed by atoms with Crippen molar-refractivity contribution in [3.63, 3.8) is 0 Å². The molecular formula is C10H12BNO4S. The van der Waals surface area contributed by atoms with Gasteiger partial charge in [0, 0.05) is 6.54 Å². The molecule has 5 nitrogen and oxygen atoms in total. The smallest absolute Gasteiger partial charge is 0.480 e. The van der Waals surface area contributed by atoms with E-state index >= 15 is 0 Å². The molecule has 1 aliphatic rings.